The largest absolute Gasteiger partial charge is 0.405 e. The van der Waals surface area contributed by atoms with Crippen LogP contribution in [0.15, 0.2) is 0 Å². The molecular weight excluding hydrogens is 528 g/mol. The van der Waals surface area contributed by atoms with Crippen molar-refractivity contribution >= 4 is 30.3 Å². The van der Waals surface area contributed by atoms with Crippen molar-refractivity contribution in [3.63, 3.8) is 0 Å². The highest BCUT2D eigenvalue weighted by Gasteiger charge is 2.92. The molecule has 4 heterocycles. The van der Waals surface area contributed by atoms with Gasteiger partial charge >= 0.3 is 25.5 Å². The van der Waals surface area contributed by atoms with Gasteiger partial charge in [0.1, 0.15) is 31.0 Å². The van der Waals surface area contributed by atoms with E-state index in [2.05, 4.69) is 12.5 Å². The molecule has 4 aliphatic heterocycles. The van der Waals surface area contributed by atoms with Crippen LogP contribution >= 0.6 is 10.8 Å². The van der Waals surface area contributed by atoms with Gasteiger partial charge in [0.05, 0.1) is 13.2 Å². The molecule has 0 amide bonds. The van der Waals surface area contributed by atoms with E-state index in [1.807, 2.05) is 0 Å². The minimum atomic E-state index is -5.38. The quantitative estimate of drug-likeness (QED) is 0.149. The van der Waals surface area contributed by atoms with Crippen LogP contribution in [0.3, 0.4) is 0 Å². The first kappa shape index (κ1) is 25.8. The Hall–Kier alpha value is -0.310. The van der Waals surface area contributed by atoms with Gasteiger partial charge in [0.25, 0.3) is 16.5 Å². The number of rotatable bonds is 5. The molecule has 1 unspecified atom stereocenters. The van der Waals surface area contributed by atoms with Crippen LogP contribution in [0.2, 0.25) is 0 Å². The topological polar surface area (TPSA) is 286 Å². The summed E-state index contributed by atoms with van der Waals surface area (Å²) in [5.74, 6) is -14.4. The number of hydrogen-bond acceptors (Lipinski definition) is 19. The lowest BCUT2D eigenvalue weighted by molar-refractivity contribution is -0.543. The average Bonchev–Trinajstić information content (AvgIpc) is 3.16. The Balaban J connectivity index is 1.91. The molecule has 0 aromatic carbocycles. The molecule has 0 bridgehead atoms. The minimum Gasteiger partial charge on any atom is -0.394 e. The highest BCUT2D eigenvalue weighted by atomic mass is 33.2. The fourth-order valence-corrected chi connectivity index (χ4v) is 8.23. The molecule has 18 nitrogen and oxygen atoms in total. The Labute approximate surface area is 187 Å². The average molecular weight is 546 g/mol. The molecule has 9 atom stereocenters. The number of aliphatic hydroxyl groups is 8. The molecule has 4 aliphatic rings. The molecule has 0 aliphatic carbocycles. The predicted octanol–water partition coefficient (Wildman–Crippen LogP) is -6.78. The molecule has 0 aromatic heterocycles. The van der Waals surface area contributed by atoms with Crippen molar-refractivity contribution in [1.29, 1.82) is 0 Å². The van der Waals surface area contributed by atoms with Crippen molar-refractivity contribution in [3.8, 4) is 0 Å². The summed E-state index contributed by atoms with van der Waals surface area (Å²) in [5, 5.41) is 81.9. The van der Waals surface area contributed by atoms with Crippen LogP contribution in [-0.4, -0.2) is 130 Å². The second-order valence-corrected chi connectivity index (χ2v) is 11.9. The van der Waals surface area contributed by atoms with Gasteiger partial charge in [-0.25, -0.2) is 8.37 Å². The normalized spacial score (nSPS) is 54.8. The summed E-state index contributed by atoms with van der Waals surface area (Å²) in [4.78, 5) is -3.86. The standard InChI is InChI=1S/C12H18O18S3/c13-1-4-6(16)7(17)8(3-15,25-4)27-12-11(20,31-33(23,24)30-12)10(19)9(18,5(2-14)26-12)28-32(21,22)29-10/h4-7,13-20H,1-3H2/t4-,5-,6-,7+,8?,9+,10-,11+,12-/m1/s1. The monoisotopic (exact) mass is 546 g/mol. The van der Waals surface area contributed by atoms with Gasteiger partial charge in [-0.1, -0.05) is 0 Å². The van der Waals surface area contributed by atoms with E-state index in [9.17, 15) is 57.7 Å². The highest BCUT2D eigenvalue weighted by molar-refractivity contribution is 8.71. The first-order chi connectivity index (χ1) is 15.0. The van der Waals surface area contributed by atoms with Crippen LogP contribution in [0.5, 0.6) is 0 Å². The molecule has 21 heteroatoms. The van der Waals surface area contributed by atoms with Crippen LogP contribution in [0.25, 0.3) is 0 Å². The zero-order valence-corrected chi connectivity index (χ0v) is 18.3. The lowest BCUT2D eigenvalue weighted by Crippen LogP contribution is -2.82. The Kier molecular flexibility index (Phi) is 5.75. The van der Waals surface area contributed by atoms with E-state index in [-0.39, 0.29) is 0 Å². The fraction of sp³-hybridized carbons (Fsp3) is 1.00. The van der Waals surface area contributed by atoms with Crippen molar-refractivity contribution < 1.29 is 84.4 Å². The van der Waals surface area contributed by atoms with Crippen LogP contribution in [-0.2, 0) is 46.3 Å². The molecule has 8 N–H and O–H groups in total. The Morgan fingerprint density at radius 1 is 0.909 bits per heavy atom. The summed E-state index contributed by atoms with van der Waals surface area (Å²) >= 11 is 0. The molecule has 0 saturated carbocycles. The van der Waals surface area contributed by atoms with Crippen molar-refractivity contribution in [2.24, 2.45) is 0 Å². The van der Waals surface area contributed by atoms with E-state index >= 15 is 0 Å². The number of fused-ring (bicyclic) bond motifs is 3. The van der Waals surface area contributed by atoms with E-state index in [4.69, 9.17) is 14.2 Å². The SMILES string of the molecule is O=S1(=O)O[C@@]2(O)[C@]3(O)SS(=O)(=O)O[C@@]3(OC3(CO)O[C@H](CO)[C@@H](O)[C@@H]3O)O[C@H](CO)[C@]2(O)O1. The molecule has 0 spiro atoms. The highest BCUT2D eigenvalue weighted by Crippen LogP contribution is 2.66. The van der Waals surface area contributed by atoms with Gasteiger partial charge in [-0.15, -0.1) is 0 Å². The molecule has 4 fully saturated rings. The van der Waals surface area contributed by atoms with Gasteiger partial charge < -0.3 is 50.3 Å². The van der Waals surface area contributed by atoms with Gasteiger partial charge in [0.15, 0.2) is 0 Å². The molecule has 4 rings (SSSR count). The van der Waals surface area contributed by atoms with Crippen molar-refractivity contribution in [1.82, 2.24) is 0 Å². The molecule has 0 aromatic rings. The molecule has 192 valence electrons. The summed E-state index contributed by atoms with van der Waals surface area (Å²) in [6, 6.07) is 0. The van der Waals surface area contributed by atoms with Crippen molar-refractivity contribution in [2.45, 2.75) is 52.7 Å². The lowest BCUT2D eigenvalue weighted by atomic mass is 9.89. The van der Waals surface area contributed by atoms with E-state index in [0.717, 1.165) is 0 Å². The summed E-state index contributed by atoms with van der Waals surface area (Å²) < 4.78 is 76.7. The first-order valence-corrected chi connectivity index (χ1v) is 12.8. The van der Waals surface area contributed by atoms with Crippen LogP contribution in [0, 0.1) is 0 Å². The zero-order valence-electron chi connectivity index (χ0n) is 15.8. The van der Waals surface area contributed by atoms with Gasteiger partial charge in [-0.3, -0.25) is 4.74 Å². The van der Waals surface area contributed by atoms with Crippen molar-refractivity contribution in [2.75, 3.05) is 19.8 Å². The van der Waals surface area contributed by atoms with Crippen LogP contribution in [0.4, 0.5) is 0 Å². The summed E-state index contributed by atoms with van der Waals surface area (Å²) in [6.07, 6.45) is -8.42. The Bertz CT molecular complexity index is 1030. The lowest BCUT2D eigenvalue weighted by Gasteiger charge is -2.54. The van der Waals surface area contributed by atoms with E-state index in [0.29, 0.717) is 0 Å². The maximum atomic E-state index is 12.3. The van der Waals surface area contributed by atoms with Crippen LogP contribution < -0.4 is 0 Å². The van der Waals surface area contributed by atoms with Gasteiger partial charge in [0, 0.05) is 10.8 Å². The number of aliphatic hydroxyl groups excluding tert-OH is 5. The van der Waals surface area contributed by atoms with Gasteiger partial charge in [-0.05, 0) is 0 Å². The Morgan fingerprint density at radius 3 is 2.06 bits per heavy atom. The Morgan fingerprint density at radius 2 is 1.55 bits per heavy atom. The van der Waals surface area contributed by atoms with Gasteiger partial charge in [-0.2, -0.15) is 21.0 Å². The molecule has 4 saturated heterocycles. The van der Waals surface area contributed by atoms with Crippen LogP contribution in [0.1, 0.15) is 0 Å². The minimum absolute atomic E-state index is 0.795. The summed E-state index contributed by atoms with van der Waals surface area (Å²) in [5.41, 5.74) is 0. The van der Waals surface area contributed by atoms with Crippen molar-refractivity contribution in [3.05, 3.63) is 0 Å². The van der Waals surface area contributed by atoms with E-state index < -0.39 is 103 Å². The second-order valence-electron chi connectivity index (χ2n) is 7.33. The number of hydrogen-bond donors (Lipinski definition) is 8. The van der Waals surface area contributed by atoms with E-state index in [1.54, 1.807) is 0 Å². The zero-order chi connectivity index (χ0) is 24.9. The third kappa shape index (κ3) is 3.18. The maximum absolute atomic E-state index is 12.3. The fourth-order valence-electron chi connectivity index (χ4n) is 3.80. The third-order valence-electron chi connectivity index (χ3n) is 5.36. The first-order valence-electron chi connectivity index (χ1n) is 8.74. The third-order valence-corrected chi connectivity index (χ3v) is 9.20. The molecular formula is C12H18O18S3. The smallest absolute Gasteiger partial charge is 0.394 e. The molecule has 0 radical (unpaired) electrons. The summed E-state index contributed by atoms with van der Waals surface area (Å²) in [7, 11) is -11.3. The predicted molar refractivity (Wildman–Crippen MR) is 93.1 cm³/mol. The molecule has 33 heavy (non-hydrogen) atoms. The van der Waals surface area contributed by atoms with Gasteiger partial charge in [0.2, 0.25) is 5.79 Å². The van der Waals surface area contributed by atoms with E-state index in [1.165, 1.54) is 0 Å². The second kappa shape index (κ2) is 7.36. The number of ether oxygens (including phenoxy) is 3. The maximum Gasteiger partial charge on any atom is 0.405 e. The summed E-state index contributed by atoms with van der Waals surface area (Å²) in [6.45, 7) is -3.86.